The van der Waals surface area contributed by atoms with Crippen molar-refractivity contribution >= 4 is 7.60 Å². The molecule has 0 rings (SSSR count). The molecule has 0 aliphatic heterocycles. The summed E-state index contributed by atoms with van der Waals surface area (Å²) >= 11 is 0. The maximum Gasteiger partial charge on any atom is 0.385 e. The molecular weight excluding hydrogens is 429 g/mol. The van der Waals surface area contributed by atoms with Crippen LogP contribution in [0.1, 0.15) is 136 Å². The van der Waals surface area contributed by atoms with E-state index in [1.807, 2.05) is 28.1 Å². The van der Waals surface area contributed by atoms with Gasteiger partial charge in [0, 0.05) is 6.42 Å². The van der Waals surface area contributed by atoms with Gasteiger partial charge in [0.1, 0.15) is 0 Å². The molecule has 0 aliphatic carbocycles. The van der Waals surface area contributed by atoms with Crippen LogP contribution in [0.2, 0.25) is 0 Å². The zero-order chi connectivity index (χ0) is 24.8. The topological polar surface area (TPSA) is 46.5 Å². The van der Waals surface area contributed by atoms with Crippen molar-refractivity contribution in [2.75, 3.05) is 27.7 Å². The maximum absolute atomic E-state index is 12.5. The molecule has 0 saturated carbocycles. The molecule has 0 saturated heterocycles. The van der Waals surface area contributed by atoms with Gasteiger partial charge in [-0.2, -0.15) is 0 Å². The van der Waals surface area contributed by atoms with Crippen LogP contribution in [0.3, 0.4) is 0 Å². The Balaban J connectivity index is 3.45. The first-order valence-electron chi connectivity index (χ1n) is 14.2. The van der Waals surface area contributed by atoms with E-state index < -0.39 is 7.60 Å². The number of quaternary nitrogens is 1. The van der Waals surface area contributed by atoms with Gasteiger partial charge in [-0.3, -0.25) is 4.57 Å². The summed E-state index contributed by atoms with van der Waals surface area (Å²) in [5.41, 5.74) is 0. The van der Waals surface area contributed by atoms with Gasteiger partial charge in [0.2, 0.25) is 0 Å². The Morgan fingerprint density at radius 2 is 1.09 bits per heavy atom. The fraction of sp³-hybridized carbons (Fsp3) is 0.929. The van der Waals surface area contributed by atoms with E-state index in [0.29, 0.717) is 23.9 Å². The Morgan fingerprint density at radius 3 is 1.48 bits per heavy atom. The normalized spacial score (nSPS) is 15.2. The van der Waals surface area contributed by atoms with Crippen LogP contribution >= 0.6 is 7.60 Å². The molecule has 0 radical (unpaired) electrons. The minimum Gasteiger partial charge on any atom is -0.320 e. The van der Waals surface area contributed by atoms with Crippen LogP contribution in [-0.4, -0.2) is 42.9 Å². The van der Waals surface area contributed by atoms with E-state index in [1.54, 1.807) is 0 Å². The molecule has 0 aromatic heterocycles. The Kier molecular flexibility index (Phi) is 21.1. The molecule has 4 nitrogen and oxygen atoms in total. The van der Waals surface area contributed by atoms with E-state index >= 15 is 0 Å². The molecule has 33 heavy (non-hydrogen) atoms. The monoisotopic (exact) mass is 488 g/mol. The molecule has 198 valence electrons. The number of allylic oxidation sites excluding steroid dienone is 1. The highest BCUT2D eigenvalue weighted by atomic mass is 31.2. The summed E-state index contributed by atoms with van der Waals surface area (Å²) in [6.07, 6.45) is 29.1. The largest absolute Gasteiger partial charge is 0.385 e. The fourth-order valence-electron chi connectivity index (χ4n) is 4.60. The molecule has 0 aromatic carbocycles. The van der Waals surface area contributed by atoms with E-state index in [-0.39, 0.29) is 5.78 Å². The molecule has 0 spiro atoms. The van der Waals surface area contributed by atoms with E-state index in [9.17, 15) is 9.46 Å². The molecule has 0 aromatic rings. The third kappa shape index (κ3) is 19.8. The van der Waals surface area contributed by atoms with Crippen molar-refractivity contribution in [2.24, 2.45) is 0 Å². The average Bonchev–Trinajstić information content (AvgIpc) is 2.74. The van der Waals surface area contributed by atoms with Gasteiger partial charge in [0.25, 0.3) is 0 Å². The van der Waals surface area contributed by atoms with Crippen LogP contribution in [0.15, 0.2) is 12.2 Å². The van der Waals surface area contributed by atoms with E-state index in [2.05, 4.69) is 19.1 Å². The van der Waals surface area contributed by atoms with Crippen LogP contribution in [0.4, 0.5) is 0 Å². The highest BCUT2D eigenvalue weighted by Gasteiger charge is 2.41. The number of hydrogen-bond acceptors (Lipinski definition) is 2. The van der Waals surface area contributed by atoms with Crippen LogP contribution in [0.5, 0.6) is 0 Å². The minimum absolute atomic E-state index is 0.319. The number of hydrogen-bond donors (Lipinski definition) is 1. The van der Waals surface area contributed by atoms with Gasteiger partial charge in [0.15, 0.2) is 5.78 Å². The molecular formula is C28H59NO3P+. The summed E-state index contributed by atoms with van der Waals surface area (Å²) in [5.74, 6) is -0.369. The van der Waals surface area contributed by atoms with Crippen molar-refractivity contribution in [2.45, 2.75) is 142 Å². The molecule has 5 heteroatoms. The second-order valence-electron chi connectivity index (χ2n) is 10.8. The summed E-state index contributed by atoms with van der Waals surface area (Å²) in [4.78, 5) is 10.3. The standard InChI is InChI=1S/C28H58NO3P/c1-6-8-9-10-11-12-13-14-15-16-17-18-19-20-21-22-23-24-25-26-27-32-33(30,31)28(7-2)29(3,4)5/h24-25,28H,6-23,26-27H2,1-5H3/p+1/b25-24-. The molecule has 0 heterocycles. The molecule has 0 fully saturated rings. The summed E-state index contributed by atoms with van der Waals surface area (Å²) in [5, 5.41) is 0. The van der Waals surface area contributed by atoms with Crippen molar-refractivity contribution in [1.82, 2.24) is 0 Å². The highest BCUT2D eigenvalue weighted by Crippen LogP contribution is 2.51. The summed E-state index contributed by atoms with van der Waals surface area (Å²) in [6, 6.07) is 0. The second-order valence-corrected chi connectivity index (χ2v) is 12.7. The second kappa shape index (κ2) is 21.2. The first kappa shape index (κ1) is 32.8. The average molecular weight is 489 g/mol. The highest BCUT2D eigenvalue weighted by molar-refractivity contribution is 7.53. The van der Waals surface area contributed by atoms with Gasteiger partial charge in [-0.1, -0.05) is 122 Å². The van der Waals surface area contributed by atoms with Gasteiger partial charge < -0.3 is 13.9 Å². The molecule has 2 unspecified atom stereocenters. The van der Waals surface area contributed by atoms with Gasteiger partial charge in [-0.25, -0.2) is 0 Å². The van der Waals surface area contributed by atoms with Gasteiger partial charge in [-0.05, 0) is 19.3 Å². The van der Waals surface area contributed by atoms with Crippen molar-refractivity contribution in [3.8, 4) is 0 Å². The molecule has 2 atom stereocenters. The lowest BCUT2D eigenvalue weighted by molar-refractivity contribution is -0.883. The molecule has 0 bridgehead atoms. The molecule has 1 N–H and O–H groups in total. The van der Waals surface area contributed by atoms with Crippen LogP contribution in [0, 0.1) is 0 Å². The summed E-state index contributed by atoms with van der Waals surface area (Å²) in [6.45, 7) is 4.55. The third-order valence-electron chi connectivity index (χ3n) is 6.59. The Hall–Kier alpha value is -0.150. The quantitative estimate of drug-likeness (QED) is 0.0637. The lowest BCUT2D eigenvalue weighted by Crippen LogP contribution is -2.44. The lowest BCUT2D eigenvalue weighted by atomic mass is 10.0. The predicted molar refractivity (Wildman–Crippen MR) is 146 cm³/mol. The smallest absolute Gasteiger partial charge is 0.320 e. The number of rotatable bonds is 24. The maximum atomic E-state index is 12.5. The SMILES string of the molecule is CCCCCCCCCCCCCCCCCC/C=C\CCOP(=O)(O)C(CC)[N+](C)(C)C. The van der Waals surface area contributed by atoms with Gasteiger partial charge >= 0.3 is 7.60 Å². The van der Waals surface area contributed by atoms with E-state index in [0.717, 1.165) is 6.42 Å². The van der Waals surface area contributed by atoms with Crippen molar-refractivity contribution in [1.29, 1.82) is 0 Å². The Labute approximate surface area is 207 Å². The fourth-order valence-corrected chi connectivity index (χ4v) is 6.48. The Morgan fingerprint density at radius 1 is 0.697 bits per heavy atom. The Bertz CT molecular complexity index is 502. The first-order chi connectivity index (χ1) is 15.8. The minimum atomic E-state index is -3.58. The zero-order valence-corrected chi connectivity index (χ0v) is 23.9. The lowest BCUT2D eigenvalue weighted by Gasteiger charge is -2.35. The number of nitrogens with zero attached hydrogens (tertiary/aromatic N) is 1. The van der Waals surface area contributed by atoms with Crippen molar-refractivity contribution in [3.63, 3.8) is 0 Å². The summed E-state index contributed by atoms with van der Waals surface area (Å²) < 4.78 is 18.3. The van der Waals surface area contributed by atoms with Crippen LogP contribution in [0.25, 0.3) is 0 Å². The van der Waals surface area contributed by atoms with Gasteiger partial charge in [0.05, 0.1) is 27.7 Å². The van der Waals surface area contributed by atoms with Crippen molar-refractivity contribution in [3.05, 3.63) is 12.2 Å². The predicted octanol–water partition coefficient (Wildman–Crippen LogP) is 9.23. The molecule has 0 amide bonds. The van der Waals surface area contributed by atoms with Crippen molar-refractivity contribution < 1.29 is 18.5 Å². The van der Waals surface area contributed by atoms with Crippen LogP contribution in [-0.2, 0) is 9.09 Å². The zero-order valence-electron chi connectivity index (χ0n) is 23.0. The third-order valence-corrected chi connectivity index (χ3v) is 8.95. The molecule has 0 aliphatic rings. The van der Waals surface area contributed by atoms with Gasteiger partial charge in [-0.15, -0.1) is 0 Å². The number of unbranched alkanes of at least 4 members (excludes halogenated alkanes) is 16. The summed E-state index contributed by atoms with van der Waals surface area (Å²) in [7, 11) is 2.25. The van der Waals surface area contributed by atoms with E-state index in [4.69, 9.17) is 4.52 Å². The van der Waals surface area contributed by atoms with Crippen LogP contribution < -0.4 is 0 Å². The van der Waals surface area contributed by atoms with E-state index in [1.165, 1.54) is 103 Å². The first-order valence-corrected chi connectivity index (χ1v) is 15.8.